The summed E-state index contributed by atoms with van der Waals surface area (Å²) in [7, 11) is 3.45. The smallest absolute Gasteiger partial charge is 0.160 e. The van der Waals surface area contributed by atoms with Gasteiger partial charge in [0.15, 0.2) is 5.82 Å². The fraction of sp³-hybridized carbons (Fsp3) is 0.308. The summed E-state index contributed by atoms with van der Waals surface area (Å²) in [6, 6.07) is 13.9. The zero-order valence-corrected chi connectivity index (χ0v) is 20.7. The minimum atomic E-state index is -0.0826. The molecule has 4 aromatic rings. The molecule has 188 valence electrons. The Morgan fingerprint density at radius 3 is 2.78 bits per heavy atom. The van der Waals surface area contributed by atoms with Gasteiger partial charge in [0.25, 0.3) is 0 Å². The van der Waals surface area contributed by atoms with Crippen molar-refractivity contribution in [2.24, 2.45) is 5.73 Å². The maximum Gasteiger partial charge on any atom is 0.160 e. The molecule has 36 heavy (non-hydrogen) atoms. The van der Waals surface area contributed by atoms with Crippen molar-refractivity contribution in [2.75, 3.05) is 50.4 Å². The van der Waals surface area contributed by atoms with Gasteiger partial charge in [-0.25, -0.2) is 0 Å². The fourth-order valence-corrected chi connectivity index (χ4v) is 4.89. The maximum absolute atomic E-state index is 6.74. The third-order valence-electron chi connectivity index (χ3n) is 6.53. The van der Waals surface area contributed by atoms with Crippen molar-refractivity contribution < 1.29 is 14.2 Å². The lowest BCUT2D eigenvalue weighted by Crippen LogP contribution is -2.23. The standard InChI is InChI=1S/C26H31N7O3/c1-15-22-23(25(32-31-15)30-13-21-18-7-5-4-6-16(18)10-11-35-21)26(29-2)33(24(22)28)19-9-8-17(36-14-27)12-20(19)34-3/h4-9,12,21,29H,10-11,13-14,27-28H2,1-3H3,(H,30,32). The van der Waals surface area contributed by atoms with E-state index in [0.29, 0.717) is 36.3 Å². The number of aromatic nitrogens is 3. The van der Waals surface area contributed by atoms with Crippen LogP contribution in [0.1, 0.15) is 22.9 Å². The molecule has 0 spiro atoms. The first-order valence-corrected chi connectivity index (χ1v) is 11.9. The van der Waals surface area contributed by atoms with Gasteiger partial charge in [-0.3, -0.25) is 10.3 Å². The Labute approximate surface area is 209 Å². The minimum absolute atomic E-state index is 0.0700. The van der Waals surface area contributed by atoms with Crippen molar-refractivity contribution in [1.29, 1.82) is 0 Å². The quantitative estimate of drug-likeness (QED) is 0.275. The van der Waals surface area contributed by atoms with Gasteiger partial charge < -0.3 is 30.6 Å². The molecular weight excluding hydrogens is 458 g/mol. The summed E-state index contributed by atoms with van der Waals surface area (Å²) in [5.74, 6) is 3.10. The molecule has 1 unspecified atom stereocenters. The Morgan fingerprint density at radius 2 is 2.00 bits per heavy atom. The van der Waals surface area contributed by atoms with Gasteiger partial charge in [-0.05, 0) is 36.6 Å². The van der Waals surface area contributed by atoms with Crippen LogP contribution in [0.2, 0.25) is 0 Å². The van der Waals surface area contributed by atoms with Crippen molar-refractivity contribution in [2.45, 2.75) is 19.4 Å². The molecule has 10 heteroatoms. The van der Waals surface area contributed by atoms with Gasteiger partial charge in [-0.1, -0.05) is 24.3 Å². The third kappa shape index (κ3) is 4.04. The number of aryl methyl sites for hydroxylation is 1. The number of nitrogens with two attached hydrogens (primary N) is 2. The molecule has 0 radical (unpaired) electrons. The average molecular weight is 490 g/mol. The number of nitrogen functional groups attached to an aromatic ring is 1. The zero-order valence-electron chi connectivity index (χ0n) is 20.7. The summed E-state index contributed by atoms with van der Waals surface area (Å²) in [5.41, 5.74) is 16.3. The molecular formula is C26H31N7O3. The molecule has 0 amide bonds. The Hall–Kier alpha value is -4.02. The molecule has 1 aliphatic heterocycles. The molecule has 1 aliphatic rings. The number of nitrogens with one attached hydrogen (secondary N) is 2. The van der Waals surface area contributed by atoms with Gasteiger partial charge >= 0.3 is 0 Å². The van der Waals surface area contributed by atoms with Gasteiger partial charge in [-0.15, -0.1) is 5.10 Å². The maximum atomic E-state index is 6.74. The molecule has 3 heterocycles. The van der Waals surface area contributed by atoms with E-state index in [9.17, 15) is 0 Å². The highest BCUT2D eigenvalue weighted by atomic mass is 16.5. The van der Waals surface area contributed by atoms with E-state index in [1.54, 1.807) is 13.2 Å². The SMILES string of the molecule is CNc1c2c(NCC3OCCc4ccccc43)nnc(C)c2c(N)n1-c1ccc(OCN)cc1OC. The van der Waals surface area contributed by atoms with Crippen LogP contribution in [0.25, 0.3) is 16.5 Å². The van der Waals surface area contributed by atoms with Crippen LogP contribution in [0.5, 0.6) is 11.5 Å². The Kier molecular flexibility index (Phi) is 6.53. The van der Waals surface area contributed by atoms with Crippen LogP contribution in [-0.4, -0.2) is 48.8 Å². The van der Waals surface area contributed by atoms with E-state index >= 15 is 0 Å². The van der Waals surface area contributed by atoms with Crippen molar-refractivity contribution in [3.8, 4) is 17.2 Å². The summed E-state index contributed by atoms with van der Waals surface area (Å²) in [4.78, 5) is 0. The largest absolute Gasteiger partial charge is 0.494 e. The van der Waals surface area contributed by atoms with Crippen LogP contribution in [0, 0.1) is 6.92 Å². The second-order valence-corrected chi connectivity index (χ2v) is 8.54. The first-order chi connectivity index (χ1) is 17.6. The van der Waals surface area contributed by atoms with Crippen molar-refractivity contribution in [3.05, 3.63) is 59.3 Å². The first kappa shape index (κ1) is 23.7. The van der Waals surface area contributed by atoms with E-state index in [2.05, 4.69) is 39.0 Å². The van der Waals surface area contributed by atoms with Crippen LogP contribution in [-0.2, 0) is 11.2 Å². The predicted molar refractivity (Wildman–Crippen MR) is 141 cm³/mol. The normalized spacial score (nSPS) is 14.9. The van der Waals surface area contributed by atoms with Gasteiger partial charge in [0.05, 0.1) is 42.0 Å². The van der Waals surface area contributed by atoms with Gasteiger partial charge in [0.1, 0.15) is 29.9 Å². The van der Waals surface area contributed by atoms with Crippen molar-refractivity contribution in [3.63, 3.8) is 0 Å². The predicted octanol–water partition coefficient (Wildman–Crippen LogP) is 3.38. The summed E-state index contributed by atoms with van der Waals surface area (Å²) in [6.07, 6.45) is 0.836. The van der Waals surface area contributed by atoms with Gasteiger partial charge in [-0.2, -0.15) is 5.10 Å². The number of rotatable bonds is 8. The minimum Gasteiger partial charge on any atom is -0.494 e. The second kappa shape index (κ2) is 9.92. The van der Waals surface area contributed by atoms with E-state index in [4.69, 9.17) is 25.7 Å². The number of methoxy groups -OCH3 is 1. The topological polar surface area (TPSA) is 134 Å². The summed E-state index contributed by atoms with van der Waals surface area (Å²) >= 11 is 0. The second-order valence-electron chi connectivity index (χ2n) is 8.54. The molecule has 1 atom stereocenters. The number of benzene rings is 2. The van der Waals surface area contributed by atoms with Crippen LogP contribution in [0.4, 0.5) is 17.5 Å². The van der Waals surface area contributed by atoms with Gasteiger partial charge in [0.2, 0.25) is 0 Å². The monoisotopic (exact) mass is 489 g/mol. The molecule has 0 saturated carbocycles. The average Bonchev–Trinajstić information content (AvgIpc) is 3.21. The highest BCUT2D eigenvalue weighted by Gasteiger charge is 2.25. The molecule has 6 N–H and O–H groups in total. The van der Waals surface area contributed by atoms with Crippen LogP contribution >= 0.6 is 0 Å². The number of hydrogen-bond acceptors (Lipinski definition) is 9. The first-order valence-electron chi connectivity index (χ1n) is 11.9. The molecule has 0 fully saturated rings. The van der Waals surface area contributed by atoms with E-state index in [1.807, 2.05) is 36.7 Å². The zero-order chi connectivity index (χ0) is 25.2. The molecule has 0 bridgehead atoms. The third-order valence-corrected chi connectivity index (χ3v) is 6.53. The van der Waals surface area contributed by atoms with Crippen LogP contribution in [0.15, 0.2) is 42.5 Å². The molecule has 10 nitrogen and oxygen atoms in total. The van der Waals surface area contributed by atoms with E-state index in [-0.39, 0.29) is 12.8 Å². The van der Waals surface area contributed by atoms with E-state index in [0.717, 1.165) is 34.4 Å². The summed E-state index contributed by atoms with van der Waals surface area (Å²) in [5, 5.41) is 17.3. The van der Waals surface area contributed by atoms with Crippen molar-refractivity contribution >= 4 is 28.2 Å². The number of nitrogens with zero attached hydrogens (tertiary/aromatic N) is 3. The highest BCUT2D eigenvalue weighted by Crippen LogP contribution is 2.42. The molecule has 5 rings (SSSR count). The lowest BCUT2D eigenvalue weighted by Gasteiger charge is -2.26. The summed E-state index contributed by atoms with van der Waals surface area (Å²) in [6.45, 7) is 3.20. The molecule has 0 saturated heterocycles. The lowest BCUT2D eigenvalue weighted by atomic mass is 9.97. The van der Waals surface area contributed by atoms with E-state index in [1.165, 1.54) is 11.1 Å². The highest BCUT2D eigenvalue weighted by molar-refractivity contribution is 6.09. The Balaban J connectivity index is 1.58. The molecule has 2 aromatic heterocycles. The number of ether oxygens (including phenoxy) is 3. The lowest BCUT2D eigenvalue weighted by molar-refractivity contribution is 0.0513. The Bertz CT molecular complexity index is 1400. The Morgan fingerprint density at radius 1 is 1.17 bits per heavy atom. The number of fused-ring (bicyclic) bond motifs is 2. The molecule has 0 aliphatic carbocycles. The van der Waals surface area contributed by atoms with Crippen LogP contribution < -0.4 is 31.6 Å². The number of anilines is 3. The van der Waals surface area contributed by atoms with E-state index < -0.39 is 0 Å². The van der Waals surface area contributed by atoms with Crippen LogP contribution in [0.3, 0.4) is 0 Å². The number of hydrogen-bond donors (Lipinski definition) is 4. The molecule has 2 aromatic carbocycles. The summed E-state index contributed by atoms with van der Waals surface area (Å²) < 4.78 is 19.1. The van der Waals surface area contributed by atoms with Crippen molar-refractivity contribution in [1.82, 2.24) is 14.8 Å². The fourth-order valence-electron chi connectivity index (χ4n) is 4.89. The van der Waals surface area contributed by atoms with Gasteiger partial charge in [0, 0.05) is 19.7 Å².